The second-order valence-electron chi connectivity index (χ2n) is 4.89. The highest BCUT2D eigenvalue weighted by Gasteiger charge is 2.37. The molecular formula is C15H19F3N2. The number of halogens is 3. The van der Waals surface area contributed by atoms with Crippen LogP contribution in [0.15, 0.2) is 24.3 Å². The van der Waals surface area contributed by atoms with E-state index in [0.717, 1.165) is 6.07 Å². The third kappa shape index (κ3) is 3.51. The Kier molecular flexibility index (Phi) is 5.18. The van der Waals surface area contributed by atoms with Crippen LogP contribution in [0.5, 0.6) is 0 Å². The van der Waals surface area contributed by atoms with Gasteiger partial charge in [0.05, 0.1) is 11.6 Å². The zero-order valence-electron chi connectivity index (χ0n) is 12.0. The Hall–Kier alpha value is -1.54. The number of likely N-dealkylation sites (N-methyl/N-ethyl adjacent to an activating group) is 1. The molecular weight excluding hydrogens is 265 g/mol. The smallest absolute Gasteiger partial charge is 0.286 e. The van der Waals surface area contributed by atoms with Gasteiger partial charge in [0.2, 0.25) is 0 Å². The molecule has 0 aliphatic rings. The van der Waals surface area contributed by atoms with Crippen molar-refractivity contribution < 1.29 is 13.2 Å². The van der Waals surface area contributed by atoms with Crippen LogP contribution < -0.4 is 0 Å². The van der Waals surface area contributed by atoms with Crippen molar-refractivity contribution in [2.75, 3.05) is 13.1 Å². The van der Waals surface area contributed by atoms with Gasteiger partial charge in [0.1, 0.15) is 5.54 Å². The second-order valence-corrected chi connectivity index (χ2v) is 4.89. The Balaban J connectivity index is 3.18. The summed E-state index contributed by atoms with van der Waals surface area (Å²) < 4.78 is 39.0. The molecule has 20 heavy (non-hydrogen) atoms. The highest BCUT2D eigenvalue weighted by molar-refractivity contribution is 5.32. The molecule has 0 amide bonds. The molecule has 0 saturated carbocycles. The van der Waals surface area contributed by atoms with Crippen molar-refractivity contribution in [3.05, 3.63) is 35.4 Å². The van der Waals surface area contributed by atoms with Crippen molar-refractivity contribution in [1.29, 1.82) is 5.26 Å². The van der Waals surface area contributed by atoms with Crippen LogP contribution in [0, 0.1) is 11.3 Å². The van der Waals surface area contributed by atoms with Crippen molar-refractivity contribution in [1.82, 2.24) is 4.90 Å². The van der Waals surface area contributed by atoms with E-state index >= 15 is 0 Å². The molecule has 0 aliphatic carbocycles. The lowest BCUT2D eigenvalue weighted by Gasteiger charge is -2.35. The zero-order chi connectivity index (χ0) is 15.4. The molecule has 0 heterocycles. The molecule has 1 unspecified atom stereocenters. The van der Waals surface area contributed by atoms with E-state index in [0.29, 0.717) is 13.1 Å². The lowest BCUT2D eigenvalue weighted by molar-refractivity contribution is -0.138. The summed E-state index contributed by atoms with van der Waals surface area (Å²) in [6, 6.07) is 7.62. The van der Waals surface area contributed by atoms with Crippen LogP contribution >= 0.6 is 0 Å². The molecule has 0 bridgehead atoms. The molecule has 110 valence electrons. The summed E-state index contributed by atoms with van der Waals surface area (Å²) in [5.74, 6) is 0. The molecule has 0 aliphatic heterocycles. The third-order valence-corrected chi connectivity index (χ3v) is 3.56. The maximum atomic E-state index is 13.0. The van der Waals surface area contributed by atoms with Gasteiger partial charge in [-0.15, -0.1) is 0 Å². The number of hydrogen-bond acceptors (Lipinski definition) is 2. The van der Waals surface area contributed by atoms with Crippen LogP contribution in [0.4, 0.5) is 13.2 Å². The Morgan fingerprint density at radius 3 is 2.15 bits per heavy atom. The predicted molar refractivity (Wildman–Crippen MR) is 72.1 cm³/mol. The van der Waals surface area contributed by atoms with Crippen LogP contribution in [-0.2, 0) is 12.6 Å². The van der Waals surface area contributed by atoms with E-state index in [2.05, 4.69) is 6.07 Å². The minimum atomic E-state index is -4.39. The van der Waals surface area contributed by atoms with Gasteiger partial charge in [0.15, 0.2) is 0 Å². The van der Waals surface area contributed by atoms with Gasteiger partial charge in [0.25, 0.3) is 0 Å². The van der Waals surface area contributed by atoms with Gasteiger partial charge >= 0.3 is 6.18 Å². The van der Waals surface area contributed by atoms with Crippen LogP contribution in [0.2, 0.25) is 0 Å². The molecule has 1 aromatic rings. The number of rotatable bonds is 5. The molecule has 5 heteroatoms. The fraction of sp³-hybridized carbons (Fsp3) is 0.533. The summed E-state index contributed by atoms with van der Waals surface area (Å²) in [5.41, 5.74) is -1.44. The summed E-state index contributed by atoms with van der Waals surface area (Å²) >= 11 is 0. The monoisotopic (exact) mass is 284 g/mol. The Morgan fingerprint density at radius 2 is 1.70 bits per heavy atom. The molecule has 0 spiro atoms. The molecule has 0 radical (unpaired) electrons. The van der Waals surface area contributed by atoms with Gasteiger partial charge in [-0.05, 0) is 31.6 Å². The van der Waals surface area contributed by atoms with E-state index in [9.17, 15) is 18.4 Å². The highest BCUT2D eigenvalue weighted by Crippen LogP contribution is 2.34. The quantitative estimate of drug-likeness (QED) is 0.820. The summed E-state index contributed by atoms with van der Waals surface area (Å²) in [4.78, 5) is 1.88. The molecule has 0 N–H and O–H groups in total. The first-order valence-electron chi connectivity index (χ1n) is 6.60. The second kappa shape index (κ2) is 6.27. The van der Waals surface area contributed by atoms with Crippen molar-refractivity contribution in [2.45, 2.75) is 38.9 Å². The molecule has 0 saturated heterocycles. The summed E-state index contributed by atoms with van der Waals surface area (Å²) in [5, 5.41) is 9.40. The summed E-state index contributed by atoms with van der Waals surface area (Å²) in [6.45, 7) is 6.72. The lowest BCUT2D eigenvalue weighted by Crippen LogP contribution is -2.47. The SMILES string of the molecule is CCN(CC)C(C)(C#N)Cc1ccccc1C(F)(F)F. The lowest BCUT2D eigenvalue weighted by atomic mass is 9.89. The fourth-order valence-electron chi connectivity index (χ4n) is 2.47. The van der Waals surface area contributed by atoms with Crippen LogP contribution in [0.3, 0.4) is 0 Å². The molecule has 1 atom stereocenters. The fourth-order valence-corrected chi connectivity index (χ4v) is 2.47. The van der Waals surface area contributed by atoms with E-state index in [4.69, 9.17) is 0 Å². The van der Waals surface area contributed by atoms with Gasteiger partial charge in [-0.1, -0.05) is 32.0 Å². The number of benzene rings is 1. The first kappa shape index (κ1) is 16.5. The minimum absolute atomic E-state index is 0.0564. The largest absolute Gasteiger partial charge is 0.416 e. The van der Waals surface area contributed by atoms with E-state index < -0.39 is 17.3 Å². The molecule has 0 aromatic heterocycles. The van der Waals surface area contributed by atoms with E-state index in [1.54, 1.807) is 13.0 Å². The van der Waals surface area contributed by atoms with Crippen molar-refractivity contribution >= 4 is 0 Å². The predicted octanol–water partition coefficient (Wildman–Crippen LogP) is 3.87. The van der Waals surface area contributed by atoms with Crippen LogP contribution in [0.25, 0.3) is 0 Å². The van der Waals surface area contributed by atoms with Gasteiger partial charge in [-0.2, -0.15) is 18.4 Å². The Morgan fingerprint density at radius 1 is 1.15 bits per heavy atom. The molecule has 2 nitrogen and oxygen atoms in total. The molecule has 1 rings (SSSR count). The summed E-state index contributed by atoms with van der Waals surface area (Å²) in [7, 11) is 0. The average Bonchev–Trinajstić information content (AvgIpc) is 2.39. The van der Waals surface area contributed by atoms with Crippen LogP contribution in [0.1, 0.15) is 31.9 Å². The molecule has 1 aromatic carbocycles. The van der Waals surface area contributed by atoms with Crippen molar-refractivity contribution in [3.8, 4) is 6.07 Å². The highest BCUT2D eigenvalue weighted by atomic mass is 19.4. The van der Waals surface area contributed by atoms with Crippen LogP contribution in [-0.4, -0.2) is 23.5 Å². The van der Waals surface area contributed by atoms with Gasteiger partial charge < -0.3 is 0 Å². The normalized spacial score (nSPS) is 14.9. The van der Waals surface area contributed by atoms with Crippen molar-refractivity contribution in [2.24, 2.45) is 0 Å². The number of hydrogen-bond donors (Lipinski definition) is 0. The summed E-state index contributed by atoms with van der Waals surface area (Å²) in [6.07, 6.45) is -4.34. The average molecular weight is 284 g/mol. The number of alkyl halides is 3. The zero-order valence-corrected chi connectivity index (χ0v) is 12.0. The standard InChI is InChI=1S/C15H19F3N2/c1-4-20(5-2)14(3,11-19)10-12-8-6-7-9-13(12)15(16,17)18/h6-9H,4-5,10H2,1-3H3. The van der Waals surface area contributed by atoms with E-state index in [1.165, 1.54) is 12.1 Å². The topological polar surface area (TPSA) is 27.0 Å². The third-order valence-electron chi connectivity index (χ3n) is 3.56. The van der Waals surface area contributed by atoms with Gasteiger partial charge in [0, 0.05) is 6.42 Å². The number of nitrogens with zero attached hydrogens (tertiary/aromatic N) is 2. The molecule has 0 fully saturated rings. The van der Waals surface area contributed by atoms with E-state index in [-0.39, 0.29) is 12.0 Å². The Labute approximate surface area is 117 Å². The first-order valence-corrected chi connectivity index (χ1v) is 6.60. The number of nitriles is 1. The first-order chi connectivity index (χ1) is 9.28. The van der Waals surface area contributed by atoms with Gasteiger partial charge in [-0.3, -0.25) is 4.90 Å². The van der Waals surface area contributed by atoms with Crippen molar-refractivity contribution in [3.63, 3.8) is 0 Å². The maximum absolute atomic E-state index is 13.0. The van der Waals surface area contributed by atoms with Gasteiger partial charge in [-0.25, -0.2) is 0 Å². The van der Waals surface area contributed by atoms with E-state index in [1.807, 2.05) is 18.7 Å². The Bertz CT molecular complexity index is 487. The minimum Gasteiger partial charge on any atom is -0.286 e. The maximum Gasteiger partial charge on any atom is 0.416 e.